The van der Waals surface area contributed by atoms with Crippen LogP contribution < -0.4 is 0 Å². The number of nitrogens with one attached hydrogen (secondary N) is 1. The minimum absolute atomic E-state index is 0.0915. The number of aromatic nitrogens is 1. The Labute approximate surface area is 149 Å². The second kappa shape index (κ2) is 6.88. The first kappa shape index (κ1) is 17.3. The molecule has 5 nitrogen and oxygen atoms in total. The van der Waals surface area contributed by atoms with Crippen molar-refractivity contribution in [2.75, 3.05) is 26.3 Å². The molecule has 136 valence electrons. The molecule has 4 rings (SSSR count). The van der Waals surface area contributed by atoms with E-state index in [1.54, 1.807) is 0 Å². The van der Waals surface area contributed by atoms with Crippen LogP contribution in [0.3, 0.4) is 0 Å². The SMILES string of the molecule is CCOP(=O)(OCC)[C@@H]1CCCN2CCc3c([nH]c4ccccc34)[C@H]12. The lowest BCUT2D eigenvalue weighted by Gasteiger charge is -2.45. The van der Waals surface area contributed by atoms with Crippen molar-refractivity contribution >= 4 is 18.5 Å². The van der Waals surface area contributed by atoms with Gasteiger partial charge in [-0.2, -0.15) is 0 Å². The average Bonchev–Trinajstić information content (AvgIpc) is 3.00. The van der Waals surface area contributed by atoms with Gasteiger partial charge in [0, 0.05) is 23.1 Å². The summed E-state index contributed by atoms with van der Waals surface area (Å²) in [6.07, 6.45) is 2.96. The fraction of sp³-hybridized carbons (Fsp3) is 0.579. The molecule has 0 amide bonds. The molecule has 1 aromatic carbocycles. The van der Waals surface area contributed by atoms with Gasteiger partial charge in [0.05, 0.1) is 24.9 Å². The van der Waals surface area contributed by atoms with E-state index in [0.717, 1.165) is 32.4 Å². The molecule has 1 aromatic heterocycles. The van der Waals surface area contributed by atoms with E-state index >= 15 is 0 Å². The number of H-pyrrole nitrogens is 1. The third-order valence-corrected chi connectivity index (χ3v) is 8.11. The number of hydrogen-bond acceptors (Lipinski definition) is 4. The van der Waals surface area contributed by atoms with E-state index in [1.165, 1.54) is 22.2 Å². The highest BCUT2D eigenvalue weighted by molar-refractivity contribution is 7.54. The monoisotopic (exact) mass is 362 g/mol. The molecule has 0 saturated carbocycles. The molecule has 1 fully saturated rings. The number of fused-ring (bicyclic) bond motifs is 5. The van der Waals surface area contributed by atoms with E-state index in [2.05, 4.69) is 34.1 Å². The van der Waals surface area contributed by atoms with E-state index in [0.29, 0.717) is 13.2 Å². The Bertz CT molecular complexity index is 793. The second-order valence-electron chi connectivity index (χ2n) is 6.88. The molecule has 6 heteroatoms. The quantitative estimate of drug-likeness (QED) is 0.796. The van der Waals surface area contributed by atoms with Crippen LogP contribution in [0.5, 0.6) is 0 Å². The van der Waals surface area contributed by atoms with Gasteiger partial charge in [-0.25, -0.2) is 0 Å². The van der Waals surface area contributed by atoms with Crippen molar-refractivity contribution in [3.8, 4) is 0 Å². The Kier molecular flexibility index (Phi) is 4.76. The highest BCUT2D eigenvalue weighted by Crippen LogP contribution is 2.61. The smallest absolute Gasteiger partial charge is 0.335 e. The van der Waals surface area contributed by atoms with E-state index in [-0.39, 0.29) is 11.7 Å². The van der Waals surface area contributed by atoms with Crippen LogP contribution in [0.1, 0.15) is 44.0 Å². The summed E-state index contributed by atoms with van der Waals surface area (Å²) in [4.78, 5) is 6.10. The van der Waals surface area contributed by atoms with Gasteiger partial charge in [-0.1, -0.05) is 18.2 Å². The lowest BCUT2D eigenvalue weighted by molar-refractivity contribution is 0.115. The van der Waals surface area contributed by atoms with Crippen molar-refractivity contribution in [2.24, 2.45) is 0 Å². The lowest BCUT2D eigenvalue weighted by Crippen LogP contribution is -2.46. The standard InChI is InChI=1S/C19H27N2O3P/c1-3-23-25(22,24-4-2)17-10-7-12-21-13-11-15-14-8-5-6-9-16(14)20-18(15)19(17)21/h5-6,8-9,17,19-20H,3-4,7,10-13H2,1-2H3/t17-,19+/m1/s1. The maximum atomic E-state index is 13.6. The van der Waals surface area contributed by atoms with Crippen molar-refractivity contribution in [2.45, 2.75) is 44.8 Å². The Morgan fingerprint density at radius 2 is 1.96 bits per heavy atom. The van der Waals surface area contributed by atoms with Crippen LogP contribution in [0.2, 0.25) is 0 Å². The van der Waals surface area contributed by atoms with Crippen LogP contribution in [0, 0.1) is 0 Å². The zero-order chi connectivity index (χ0) is 17.4. The average molecular weight is 362 g/mol. The van der Waals surface area contributed by atoms with Crippen molar-refractivity contribution in [1.82, 2.24) is 9.88 Å². The number of para-hydroxylation sites is 1. The third-order valence-electron chi connectivity index (χ3n) is 5.52. The lowest BCUT2D eigenvalue weighted by atomic mass is 9.90. The van der Waals surface area contributed by atoms with Crippen molar-refractivity contribution in [1.29, 1.82) is 0 Å². The number of piperidine rings is 1. The number of benzene rings is 1. The van der Waals surface area contributed by atoms with Crippen molar-refractivity contribution < 1.29 is 13.6 Å². The summed E-state index contributed by atoms with van der Waals surface area (Å²) < 4.78 is 25.0. The summed E-state index contributed by atoms with van der Waals surface area (Å²) in [6, 6.07) is 8.55. The summed E-state index contributed by atoms with van der Waals surface area (Å²) in [5.41, 5.74) is 3.66. The second-order valence-corrected chi connectivity index (χ2v) is 9.14. The fourth-order valence-electron chi connectivity index (χ4n) is 4.59. The van der Waals surface area contributed by atoms with Gasteiger partial charge in [0.2, 0.25) is 0 Å². The predicted molar refractivity (Wildman–Crippen MR) is 100 cm³/mol. The van der Waals surface area contributed by atoms with Crippen LogP contribution in [0.15, 0.2) is 24.3 Å². The molecule has 2 aromatic rings. The minimum Gasteiger partial charge on any atom is -0.357 e. The Morgan fingerprint density at radius 3 is 2.72 bits per heavy atom. The molecular formula is C19H27N2O3P. The molecule has 1 saturated heterocycles. The number of nitrogens with zero attached hydrogens (tertiary/aromatic N) is 1. The largest absolute Gasteiger partial charge is 0.357 e. The summed E-state index contributed by atoms with van der Waals surface area (Å²) in [6.45, 7) is 6.67. The third kappa shape index (κ3) is 2.87. The van der Waals surface area contributed by atoms with Gasteiger partial charge in [-0.05, 0) is 51.3 Å². The summed E-state index contributed by atoms with van der Waals surface area (Å²) in [5, 5.41) is 1.30. The van der Waals surface area contributed by atoms with Crippen molar-refractivity contribution in [3.05, 3.63) is 35.5 Å². The molecule has 25 heavy (non-hydrogen) atoms. The van der Waals surface area contributed by atoms with Crippen LogP contribution in [0.4, 0.5) is 0 Å². The first-order valence-corrected chi connectivity index (χ1v) is 11.0. The van der Waals surface area contributed by atoms with Crippen LogP contribution in [-0.4, -0.2) is 41.8 Å². The molecule has 2 aliphatic rings. The Hall–Kier alpha value is -1.13. The summed E-state index contributed by atoms with van der Waals surface area (Å²) in [5.74, 6) is 0. The highest BCUT2D eigenvalue weighted by atomic mass is 31.2. The van der Waals surface area contributed by atoms with E-state index < -0.39 is 7.60 Å². The van der Waals surface area contributed by atoms with Gasteiger partial charge in [0.15, 0.2) is 0 Å². The van der Waals surface area contributed by atoms with Gasteiger partial charge in [-0.3, -0.25) is 9.46 Å². The Balaban J connectivity index is 1.81. The molecule has 0 unspecified atom stereocenters. The molecule has 2 aliphatic heterocycles. The highest BCUT2D eigenvalue weighted by Gasteiger charge is 2.48. The zero-order valence-electron chi connectivity index (χ0n) is 15.0. The maximum absolute atomic E-state index is 13.6. The molecule has 0 spiro atoms. The van der Waals surface area contributed by atoms with Crippen LogP contribution in [0.25, 0.3) is 10.9 Å². The topological polar surface area (TPSA) is 54.6 Å². The van der Waals surface area contributed by atoms with Gasteiger partial charge in [0.1, 0.15) is 0 Å². The van der Waals surface area contributed by atoms with Gasteiger partial charge in [-0.15, -0.1) is 0 Å². The fourth-order valence-corrected chi connectivity index (χ4v) is 6.95. The first-order valence-electron chi connectivity index (χ1n) is 9.40. The molecule has 0 aliphatic carbocycles. The normalized spacial score (nSPS) is 24.2. The van der Waals surface area contributed by atoms with Gasteiger partial charge < -0.3 is 14.0 Å². The maximum Gasteiger partial charge on any atom is 0.335 e. The van der Waals surface area contributed by atoms with E-state index in [9.17, 15) is 4.57 Å². The molecule has 0 radical (unpaired) electrons. The number of hydrogen-bond donors (Lipinski definition) is 1. The van der Waals surface area contributed by atoms with Crippen LogP contribution >= 0.6 is 7.60 Å². The summed E-state index contributed by atoms with van der Waals surface area (Å²) >= 11 is 0. The Morgan fingerprint density at radius 1 is 1.20 bits per heavy atom. The van der Waals surface area contributed by atoms with E-state index in [1.807, 2.05) is 13.8 Å². The zero-order valence-corrected chi connectivity index (χ0v) is 15.9. The number of rotatable bonds is 5. The van der Waals surface area contributed by atoms with Crippen LogP contribution in [-0.2, 0) is 20.0 Å². The molecular weight excluding hydrogens is 335 g/mol. The molecule has 1 N–H and O–H groups in total. The molecule has 2 atom stereocenters. The molecule has 0 bridgehead atoms. The first-order chi connectivity index (χ1) is 12.2. The summed E-state index contributed by atoms with van der Waals surface area (Å²) in [7, 11) is -3.14. The van der Waals surface area contributed by atoms with Gasteiger partial charge in [0.25, 0.3) is 0 Å². The van der Waals surface area contributed by atoms with Crippen molar-refractivity contribution in [3.63, 3.8) is 0 Å². The van der Waals surface area contributed by atoms with Gasteiger partial charge >= 0.3 is 7.60 Å². The predicted octanol–water partition coefficient (Wildman–Crippen LogP) is 4.50. The van der Waals surface area contributed by atoms with E-state index in [4.69, 9.17) is 9.05 Å². The minimum atomic E-state index is -3.14. The molecule has 3 heterocycles. The number of aromatic amines is 1.